The van der Waals surface area contributed by atoms with Gasteiger partial charge in [0.1, 0.15) is 0 Å². The lowest BCUT2D eigenvalue weighted by Gasteiger charge is -2.37. The van der Waals surface area contributed by atoms with Crippen molar-refractivity contribution in [3.8, 4) is 5.69 Å². The number of anilines is 1. The topological polar surface area (TPSA) is 105 Å². The van der Waals surface area contributed by atoms with Crippen molar-refractivity contribution in [2.24, 2.45) is 5.92 Å². The predicted molar refractivity (Wildman–Crippen MR) is 216 cm³/mol. The van der Waals surface area contributed by atoms with Crippen LogP contribution in [-0.2, 0) is 32.9 Å². The number of allylic oxidation sites excluding steroid dienone is 3. The molecule has 0 saturated carbocycles. The van der Waals surface area contributed by atoms with Crippen LogP contribution in [-0.4, -0.2) is 65.3 Å². The minimum Gasteiger partial charge on any atom is -0.394 e. The van der Waals surface area contributed by atoms with Crippen LogP contribution in [0, 0.1) is 5.92 Å². The number of ether oxygens (including phenoxy) is 1. The molecule has 55 heavy (non-hydrogen) atoms. The Balaban J connectivity index is 1.29. The molecule has 3 aromatic carbocycles. The van der Waals surface area contributed by atoms with E-state index in [1.54, 1.807) is 53.4 Å². The average molecular weight is 763 g/mol. The van der Waals surface area contributed by atoms with E-state index in [1.807, 2.05) is 49.4 Å². The zero-order chi connectivity index (χ0) is 39.2. The predicted octanol–water partition coefficient (Wildman–Crippen LogP) is 7.54. The van der Waals surface area contributed by atoms with E-state index in [4.69, 9.17) is 4.74 Å². The van der Waals surface area contributed by atoms with Gasteiger partial charge in [-0.3, -0.25) is 14.4 Å². The van der Waals surface area contributed by atoms with Crippen LogP contribution in [0.3, 0.4) is 0 Å². The molecule has 1 N–H and O–H groups in total. The van der Waals surface area contributed by atoms with Gasteiger partial charge < -0.3 is 23.8 Å². The standard InChI is InChI=1S/C44H51FN4O5Si/c1-28(2)12-11-13-29(3)20-21-47-38-19-18-34(49-42(52)36-17-10-9-15-32(36)25-46-49)23-37(38)44(43(47)53)30(4)41(55(5,6)45)39(54-44)24-40(51)48-26-33-16-8-7-14-31(33)22-35(48)27-50/h7-10,12,14-20,23,25,30,35,39,41,50H,11,13,21-22,24,26-27H2,1-6H3/b29-20+/t30-,35+,39+,41-,44+/m1/s1. The highest BCUT2D eigenvalue weighted by molar-refractivity contribution is 6.72. The molecule has 1 fully saturated rings. The van der Waals surface area contributed by atoms with E-state index in [2.05, 4.69) is 38.0 Å². The smallest absolute Gasteiger partial charge is 0.279 e. The van der Waals surface area contributed by atoms with E-state index in [9.17, 15) is 14.7 Å². The molecule has 288 valence electrons. The third kappa shape index (κ3) is 7.02. The van der Waals surface area contributed by atoms with Gasteiger partial charge in [0.25, 0.3) is 11.5 Å². The first-order valence-electron chi connectivity index (χ1n) is 19.3. The van der Waals surface area contributed by atoms with Crippen molar-refractivity contribution in [3.05, 3.63) is 123 Å². The zero-order valence-electron chi connectivity index (χ0n) is 32.6. The summed E-state index contributed by atoms with van der Waals surface area (Å²) < 4.78 is 25.0. The van der Waals surface area contributed by atoms with Crippen molar-refractivity contribution in [2.45, 2.75) is 96.3 Å². The minimum atomic E-state index is -3.59. The number of aliphatic hydroxyl groups is 1. The molecule has 1 saturated heterocycles. The number of nitrogens with zero attached hydrogens (tertiary/aromatic N) is 4. The summed E-state index contributed by atoms with van der Waals surface area (Å²) in [5, 5.41) is 16.1. The molecule has 1 spiro atoms. The second-order valence-corrected chi connectivity index (χ2v) is 20.0. The Kier molecular flexibility index (Phi) is 10.6. The average Bonchev–Trinajstić information content (AvgIpc) is 3.58. The van der Waals surface area contributed by atoms with Gasteiger partial charge in [0.05, 0.1) is 48.1 Å². The summed E-state index contributed by atoms with van der Waals surface area (Å²) in [7, 11) is -3.59. The van der Waals surface area contributed by atoms with Crippen molar-refractivity contribution in [2.75, 3.05) is 18.1 Å². The van der Waals surface area contributed by atoms with Gasteiger partial charge in [-0.2, -0.15) is 9.78 Å². The fourth-order valence-corrected chi connectivity index (χ4v) is 11.6. The molecular weight excluding hydrogens is 712 g/mol. The highest BCUT2D eigenvalue weighted by Gasteiger charge is 2.67. The summed E-state index contributed by atoms with van der Waals surface area (Å²) in [6.45, 7) is 11.7. The molecule has 7 rings (SSSR count). The van der Waals surface area contributed by atoms with Crippen LogP contribution < -0.4 is 10.5 Å². The monoisotopic (exact) mass is 762 g/mol. The molecule has 11 heteroatoms. The van der Waals surface area contributed by atoms with Gasteiger partial charge >= 0.3 is 0 Å². The van der Waals surface area contributed by atoms with Crippen molar-refractivity contribution >= 4 is 36.7 Å². The number of aliphatic hydroxyl groups excluding tert-OH is 1. The number of hydrogen-bond acceptors (Lipinski definition) is 6. The summed E-state index contributed by atoms with van der Waals surface area (Å²) in [6, 6.07) is 20.1. The Morgan fingerprint density at radius 3 is 2.49 bits per heavy atom. The molecule has 4 aromatic rings. The molecular formula is C44H51FN4O5Si. The van der Waals surface area contributed by atoms with Crippen LogP contribution in [0.25, 0.3) is 16.5 Å². The first-order valence-corrected chi connectivity index (χ1v) is 22.3. The maximum atomic E-state index is 16.7. The Bertz CT molecular complexity index is 2260. The van der Waals surface area contributed by atoms with Gasteiger partial charge in [0.15, 0.2) is 5.60 Å². The normalized spacial score (nSPS) is 23.7. The van der Waals surface area contributed by atoms with Gasteiger partial charge in [-0.1, -0.05) is 72.7 Å². The summed E-state index contributed by atoms with van der Waals surface area (Å²) in [4.78, 5) is 46.5. The molecule has 3 aliphatic heterocycles. The maximum absolute atomic E-state index is 16.7. The molecule has 0 bridgehead atoms. The van der Waals surface area contributed by atoms with Crippen LogP contribution >= 0.6 is 0 Å². The number of fused-ring (bicyclic) bond motifs is 4. The second kappa shape index (κ2) is 15.1. The Hall–Kier alpha value is -4.71. The molecule has 4 heterocycles. The van der Waals surface area contributed by atoms with Crippen molar-refractivity contribution in [3.63, 3.8) is 0 Å². The summed E-state index contributed by atoms with van der Waals surface area (Å²) in [6.07, 6.45) is 7.11. The van der Waals surface area contributed by atoms with Gasteiger partial charge in [0.2, 0.25) is 14.3 Å². The highest BCUT2D eigenvalue weighted by Crippen LogP contribution is 2.60. The Morgan fingerprint density at radius 1 is 1.04 bits per heavy atom. The Labute approximate surface area is 323 Å². The first kappa shape index (κ1) is 38.6. The number of hydrogen-bond donors (Lipinski definition) is 1. The van der Waals surface area contributed by atoms with Crippen LogP contribution in [0.1, 0.15) is 63.6 Å². The quantitative estimate of drug-likeness (QED) is 0.102. The lowest BCUT2D eigenvalue weighted by Crippen LogP contribution is -2.48. The number of rotatable bonds is 10. The van der Waals surface area contributed by atoms with Crippen molar-refractivity contribution in [1.82, 2.24) is 14.7 Å². The van der Waals surface area contributed by atoms with Crippen molar-refractivity contribution < 1.29 is 23.5 Å². The molecule has 0 radical (unpaired) electrons. The zero-order valence-corrected chi connectivity index (χ0v) is 33.6. The van der Waals surface area contributed by atoms with Gasteiger partial charge in [0, 0.05) is 35.5 Å². The van der Waals surface area contributed by atoms with Crippen LogP contribution in [0.15, 0.2) is 101 Å². The van der Waals surface area contributed by atoms with E-state index < -0.39 is 37.6 Å². The third-order valence-electron chi connectivity index (χ3n) is 11.9. The molecule has 1 aromatic heterocycles. The fraction of sp³-hybridized carbons (Fsp3) is 0.409. The lowest BCUT2D eigenvalue weighted by atomic mass is 9.82. The van der Waals surface area contributed by atoms with Gasteiger partial charge in [-0.15, -0.1) is 0 Å². The number of carbonyl (C=O) groups is 2. The van der Waals surface area contributed by atoms with E-state index in [-0.39, 0.29) is 36.9 Å². The molecule has 0 unspecified atom stereocenters. The second-order valence-electron chi connectivity index (χ2n) is 16.2. The van der Waals surface area contributed by atoms with Crippen molar-refractivity contribution in [1.29, 1.82) is 0 Å². The summed E-state index contributed by atoms with van der Waals surface area (Å²) in [5.74, 6) is -1.19. The van der Waals surface area contributed by atoms with Gasteiger partial charge in [-0.25, -0.2) is 0 Å². The third-order valence-corrected chi connectivity index (χ3v) is 14.3. The number of amides is 2. The summed E-state index contributed by atoms with van der Waals surface area (Å²) in [5.41, 5.74) is 3.50. The van der Waals surface area contributed by atoms with Crippen LogP contribution in [0.5, 0.6) is 0 Å². The van der Waals surface area contributed by atoms with Crippen LogP contribution in [0.2, 0.25) is 18.6 Å². The number of aromatic nitrogens is 2. The Morgan fingerprint density at radius 2 is 1.76 bits per heavy atom. The number of carbonyl (C=O) groups excluding carboxylic acids is 2. The molecule has 9 nitrogen and oxygen atoms in total. The summed E-state index contributed by atoms with van der Waals surface area (Å²) >= 11 is 0. The molecule has 3 aliphatic rings. The van der Waals surface area contributed by atoms with E-state index in [0.29, 0.717) is 40.7 Å². The van der Waals surface area contributed by atoms with E-state index in [0.717, 1.165) is 29.5 Å². The highest BCUT2D eigenvalue weighted by atomic mass is 28.4. The largest absolute Gasteiger partial charge is 0.394 e. The van der Waals surface area contributed by atoms with Gasteiger partial charge in [-0.05, 0) is 88.5 Å². The molecule has 0 aliphatic carbocycles. The maximum Gasteiger partial charge on any atom is 0.279 e. The lowest BCUT2D eigenvalue weighted by molar-refractivity contribution is -0.150. The molecule has 5 atom stereocenters. The minimum absolute atomic E-state index is 0.132. The number of halogens is 1. The van der Waals surface area contributed by atoms with Crippen LogP contribution in [0.4, 0.5) is 9.80 Å². The molecule has 2 amide bonds. The fourth-order valence-electron chi connectivity index (χ4n) is 9.09. The number of benzene rings is 3. The first-order chi connectivity index (χ1) is 26.2. The van der Waals surface area contributed by atoms with E-state index >= 15 is 8.90 Å². The van der Waals surface area contributed by atoms with E-state index in [1.165, 1.54) is 10.3 Å². The SMILES string of the molecule is CC(C)=CCC/C(C)=C/CN1C(=O)[C@@]2(O[C@@H](CC(=O)N3Cc4ccccc4C[C@H]3CO)[C@H]([Si](C)(C)F)[C@H]2C)c2cc(-n3ncc4ccccc4c3=O)ccc21.